The Morgan fingerprint density at radius 1 is 1.30 bits per heavy atom. The van der Waals surface area contributed by atoms with Gasteiger partial charge in [0.1, 0.15) is 5.82 Å². The highest BCUT2D eigenvalue weighted by molar-refractivity contribution is 5.94. The fraction of sp³-hybridized carbons (Fsp3) is 0.550. The molecule has 1 atom stereocenters. The minimum absolute atomic E-state index is 0.0724. The maximum absolute atomic E-state index is 12.9. The molecular formula is C20H30N6O. The molecule has 1 aliphatic heterocycles. The SMILES string of the molecule is CC[C@@H]1CN(C(=O)c2ccc(NCc3cnn(C)c3)nc2)CCN1C(C)C. The zero-order valence-electron chi connectivity index (χ0n) is 16.7. The molecule has 1 N–H and O–H groups in total. The number of rotatable bonds is 6. The van der Waals surface area contributed by atoms with Gasteiger partial charge in [-0.05, 0) is 32.4 Å². The summed E-state index contributed by atoms with van der Waals surface area (Å²) >= 11 is 0. The standard InChI is InChI=1S/C20H30N6O/c1-5-18-14-25(8-9-26(18)15(2)3)20(27)17-6-7-19(22-12-17)21-10-16-11-23-24(4)13-16/h6-7,11-13,15,18H,5,8-10,14H2,1-4H3,(H,21,22)/t18-/m1/s1. The Balaban J connectivity index is 1.58. The molecule has 27 heavy (non-hydrogen) atoms. The third-order valence-electron chi connectivity index (χ3n) is 5.19. The topological polar surface area (TPSA) is 66.3 Å². The molecule has 0 aliphatic carbocycles. The van der Waals surface area contributed by atoms with Gasteiger partial charge in [0.25, 0.3) is 5.91 Å². The van der Waals surface area contributed by atoms with Crippen LogP contribution in [0, 0.1) is 0 Å². The summed E-state index contributed by atoms with van der Waals surface area (Å²) in [6.45, 7) is 9.79. The van der Waals surface area contributed by atoms with Crippen molar-refractivity contribution < 1.29 is 4.79 Å². The van der Waals surface area contributed by atoms with Crippen LogP contribution in [0.15, 0.2) is 30.7 Å². The molecule has 1 amide bonds. The number of aryl methyl sites for hydroxylation is 1. The Morgan fingerprint density at radius 3 is 2.70 bits per heavy atom. The summed E-state index contributed by atoms with van der Waals surface area (Å²) < 4.78 is 1.77. The second-order valence-corrected chi connectivity index (χ2v) is 7.45. The van der Waals surface area contributed by atoms with Crippen LogP contribution in [0.2, 0.25) is 0 Å². The Bertz CT molecular complexity index is 754. The van der Waals surface area contributed by atoms with Crippen molar-refractivity contribution in [1.29, 1.82) is 0 Å². The van der Waals surface area contributed by atoms with E-state index in [4.69, 9.17) is 0 Å². The van der Waals surface area contributed by atoms with Crippen molar-refractivity contribution in [1.82, 2.24) is 24.6 Å². The highest BCUT2D eigenvalue weighted by atomic mass is 16.2. The molecule has 1 fully saturated rings. The molecule has 7 nitrogen and oxygen atoms in total. The number of amides is 1. The number of aromatic nitrogens is 3. The summed E-state index contributed by atoms with van der Waals surface area (Å²) in [5, 5.41) is 7.41. The molecule has 1 saturated heterocycles. The fourth-order valence-electron chi connectivity index (χ4n) is 3.66. The molecule has 1 aliphatic rings. The van der Waals surface area contributed by atoms with Gasteiger partial charge < -0.3 is 10.2 Å². The molecule has 3 rings (SSSR count). The van der Waals surface area contributed by atoms with Gasteiger partial charge in [-0.3, -0.25) is 14.4 Å². The van der Waals surface area contributed by atoms with E-state index in [2.05, 4.69) is 41.1 Å². The van der Waals surface area contributed by atoms with Crippen LogP contribution in [-0.4, -0.2) is 62.2 Å². The van der Waals surface area contributed by atoms with E-state index in [0.717, 1.165) is 37.4 Å². The zero-order valence-corrected chi connectivity index (χ0v) is 16.7. The van der Waals surface area contributed by atoms with Crippen molar-refractivity contribution in [2.45, 2.75) is 45.8 Å². The smallest absolute Gasteiger partial charge is 0.255 e. The lowest BCUT2D eigenvalue weighted by Crippen LogP contribution is -2.56. The predicted octanol–water partition coefficient (Wildman–Crippen LogP) is 2.37. The Kier molecular flexibility index (Phi) is 6.11. The highest BCUT2D eigenvalue weighted by Gasteiger charge is 2.30. The van der Waals surface area contributed by atoms with Gasteiger partial charge in [-0.2, -0.15) is 5.10 Å². The lowest BCUT2D eigenvalue weighted by molar-refractivity contribution is 0.0371. The number of anilines is 1. The van der Waals surface area contributed by atoms with E-state index in [1.165, 1.54) is 0 Å². The van der Waals surface area contributed by atoms with E-state index in [0.29, 0.717) is 24.2 Å². The average Bonchev–Trinajstić information content (AvgIpc) is 3.10. The molecule has 0 spiro atoms. The molecule has 0 radical (unpaired) electrons. The molecule has 2 aromatic rings. The monoisotopic (exact) mass is 370 g/mol. The van der Waals surface area contributed by atoms with E-state index >= 15 is 0 Å². The summed E-state index contributed by atoms with van der Waals surface area (Å²) in [6, 6.07) is 4.66. The number of carbonyl (C=O) groups is 1. The largest absolute Gasteiger partial charge is 0.366 e. The average molecular weight is 371 g/mol. The number of nitrogens with zero attached hydrogens (tertiary/aromatic N) is 5. The summed E-state index contributed by atoms with van der Waals surface area (Å²) in [5.74, 6) is 0.828. The third kappa shape index (κ3) is 4.66. The summed E-state index contributed by atoms with van der Waals surface area (Å²) in [5.41, 5.74) is 1.74. The maximum atomic E-state index is 12.9. The van der Waals surface area contributed by atoms with Gasteiger partial charge in [-0.25, -0.2) is 4.98 Å². The minimum Gasteiger partial charge on any atom is -0.366 e. The van der Waals surface area contributed by atoms with Crippen LogP contribution in [0.4, 0.5) is 5.82 Å². The van der Waals surface area contributed by atoms with E-state index in [-0.39, 0.29) is 5.91 Å². The first-order valence-electron chi connectivity index (χ1n) is 9.70. The van der Waals surface area contributed by atoms with Gasteiger partial charge in [-0.15, -0.1) is 0 Å². The van der Waals surface area contributed by atoms with Crippen molar-refractivity contribution in [2.24, 2.45) is 7.05 Å². The molecule has 7 heteroatoms. The van der Waals surface area contributed by atoms with E-state index < -0.39 is 0 Å². The van der Waals surface area contributed by atoms with Crippen LogP contribution in [0.5, 0.6) is 0 Å². The number of nitrogens with one attached hydrogen (secondary N) is 1. The molecule has 0 unspecified atom stereocenters. The second-order valence-electron chi connectivity index (χ2n) is 7.45. The lowest BCUT2D eigenvalue weighted by atomic mass is 10.1. The first-order valence-corrected chi connectivity index (χ1v) is 9.70. The van der Waals surface area contributed by atoms with Crippen LogP contribution in [0.3, 0.4) is 0 Å². The molecule has 0 bridgehead atoms. The third-order valence-corrected chi connectivity index (χ3v) is 5.19. The van der Waals surface area contributed by atoms with Crippen molar-refractivity contribution in [3.8, 4) is 0 Å². The maximum Gasteiger partial charge on any atom is 0.255 e. The van der Waals surface area contributed by atoms with Crippen molar-refractivity contribution in [3.05, 3.63) is 41.9 Å². The Morgan fingerprint density at radius 2 is 2.11 bits per heavy atom. The van der Waals surface area contributed by atoms with Gasteiger partial charge in [0.15, 0.2) is 0 Å². The van der Waals surface area contributed by atoms with E-state index in [1.54, 1.807) is 10.9 Å². The van der Waals surface area contributed by atoms with Gasteiger partial charge in [-0.1, -0.05) is 6.92 Å². The number of pyridine rings is 1. The van der Waals surface area contributed by atoms with Crippen molar-refractivity contribution >= 4 is 11.7 Å². The quantitative estimate of drug-likeness (QED) is 0.846. The predicted molar refractivity (Wildman–Crippen MR) is 107 cm³/mol. The van der Waals surface area contributed by atoms with Crippen LogP contribution in [0.1, 0.15) is 43.1 Å². The molecule has 0 saturated carbocycles. The molecule has 146 valence electrons. The summed E-state index contributed by atoms with van der Waals surface area (Å²) in [7, 11) is 1.90. The Hall–Kier alpha value is -2.41. The minimum atomic E-state index is 0.0724. The van der Waals surface area contributed by atoms with Gasteiger partial charge in [0.05, 0.1) is 11.8 Å². The van der Waals surface area contributed by atoms with E-state index in [1.807, 2.05) is 36.5 Å². The van der Waals surface area contributed by atoms with Gasteiger partial charge in [0, 0.05) is 63.3 Å². The molecule has 0 aromatic carbocycles. The first kappa shape index (κ1) is 19.4. The summed E-state index contributed by atoms with van der Waals surface area (Å²) in [4.78, 5) is 21.7. The number of carbonyl (C=O) groups excluding carboxylic acids is 1. The zero-order chi connectivity index (χ0) is 19.4. The molecule has 3 heterocycles. The second kappa shape index (κ2) is 8.52. The normalized spacial score (nSPS) is 18.1. The van der Waals surface area contributed by atoms with Crippen LogP contribution < -0.4 is 5.32 Å². The van der Waals surface area contributed by atoms with E-state index in [9.17, 15) is 4.79 Å². The molecular weight excluding hydrogens is 340 g/mol. The van der Waals surface area contributed by atoms with Gasteiger partial charge >= 0.3 is 0 Å². The van der Waals surface area contributed by atoms with Gasteiger partial charge in [0.2, 0.25) is 0 Å². The fourth-order valence-corrected chi connectivity index (χ4v) is 3.66. The Labute approximate surface area is 161 Å². The van der Waals surface area contributed by atoms with Crippen LogP contribution >= 0.6 is 0 Å². The number of hydrogen-bond donors (Lipinski definition) is 1. The number of hydrogen-bond acceptors (Lipinski definition) is 5. The van der Waals surface area contributed by atoms with Crippen LogP contribution in [0.25, 0.3) is 0 Å². The molecule has 2 aromatic heterocycles. The summed E-state index contributed by atoms with van der Waals surface area (Å²) in [6.07, 6.45) is 6.51. The van der Waals surface area contributed by atoms with Crippen LogP contribution in [-0.2, 0) is 13.6 Å². The number of piperazine rings is 1. The van der Waals surface area contributed by atoms with Crippen molar-refractivity contribution in [2.75, 3.05) is 25.0 Å². The lowest BCUT2D eigenvalue weighted by Gasteiger charge is -2.43. The van der Waals surface area contributed by atoms with Crippen molar-refractivity contribution in [3.63, 3.8) is 0 Å². The first-order chi connectivity index (χ1) is 13.0. The highest BCUT2D eigenvalue weighted by Crippen LogP contribution is 2.18.